The van der Waals surface area contributed by atoms with Gasteiger partial charge in [0.1, 0.15) is 5.82 Å². The highest BCUT2D eigenvalue weighted by Crippen LogP contribution is 2.19. The van der Waals surface area contributed by atoms with Crippen LogP contribution in [0.5, 0.6) is 0 Å². The quantitative estimate of drug-likeness (QED) is 0.898. The van der Waals surface area contributed by atoms with E-state index in [2.05, 4.69) is 5.32 Å². The van der Waals surface area contributed by atoms with E-state index in [1.807, 2.05) is 4.72 Å². The molecule has 0 radical (unpaired) electrons. The minimum Gasteiger partial charge on any atom is -0.307 e. The van der Waals surface area contributed by atoms with E-state index in [4.69, 9.17) is 11.6 Å². The number of sulfonamides is 1. The van der Waals surface area contributed by atoms with Gasteiger partial charge >= 0.3 is 6.03 Å². The number of carbonyl (C=O) groups is 1. The van der Waals surface area contributed by atoms with Gasteiger partial charge in [-0.25, -0.2) is 22.3 Å². The Morgan fingerprint density at radius 3 is 2.50 bits per heavy atom. The van der Waals surface area contributed by atoms with Crippen LogP contribution in [0.25, 0.3) is 0 Å². The van der Waals surface area contributed by atoms with Crippen LogP contribution < -0.4 is 10.0 Å². The maximum atomic E-state index is 12.9. The van der Waals surface area contributed by atoms with Gasteiger partial charge in [0, 0.05) is 5.69 Å². The molecule has 0 saturated heterocycles. The molecule has 0 saturated carbocycles. The highest BCUT2D eigenvalue weighted by Gasteiger charge is 2.18. The first-order valence-electron chi connectivity index (χ1n) is 5.00. The fourth-order valence-electron chi connectivity index (χ4n) is 0.978. The number of amides is 2. The highest BCUT2D eigenvalue weighted by atomic mass is 35.5. The SMILES string of the molecule is CC(C)S(=O)(=O)NC(=O)Nc1ccc(F)c(Cl)c1. The molecule has 0 aromatic heterocycles. The van der Waals surface area contributed by atoms with Gasteiger partial charge in [0.25, 0.3) is 0 Å². The molecule has 1 aromatic carbocycles. The zero-order chi connectivity index (χ0) is 13.9. The van der Waals surface area contributed by atoms with Crippen molar-refractivity contribution in [2.45, 2.75) is 19.1 Å². The number of hydrogen-bond acceptors (Lipinski definition) is 3. The average molecular weight is 295 g/mol. The third kappa shape index (κ3) is 3.85. The van der Waals surface area contributed by atoms with E-state index in [1.165, 1.54) is 26.0 Å². The van der Waals surface area contributed by atoms with Gasteiger partial charge in [0.05, 0.1) is 10.3 Å². The Bertz CT molecular complexity index is 560. The average Bonchev–Trinajstić information content (AvgIpc) is 2.22. The second kappa shape index (κ2) is 5.53. The summed E-state index contributed by atoms with van der Waals surface area (Å²) < 4.78 is 37.5. The third-order valence-electron chi connectivity index (χ3n) is 2.03. The molecule has 0 aliphatic heterocycles. The number of urea groups is 1. The number of halogens is 2. The molecule has 18 heavy (non-hydrogen) atoms. The first kappa shape index (κ1) is 14.7. The van der Waals surface area contributed by atoms with Crippen LogP contribution in [0.2, 0.25) is 5.02 Å². The zero-order valence-electron chi connectivity index (χ0n) is 9.70. The standard InChI is InChI=1S/C10H12ClFN2O3S/c1-6(2)18(16,17)14-10(15)13-7-3-4-9(12)8(11)5-7/h3-6H,1-2H3,(H2,13,14,15). The largest absolute Gasteiger partial charge is 0.332 e. The predicted molar refractivity (Wildman–Crippen MR) is 67.6 cm³/mol. The number of hydrogen-bond donors (Lipinski definition) is 2. The van der Waals surface area contributed by atoms with Crippen molar-refractivity contribution in [2.24, 2.45) is 0 Å². The number of rotatable bonds is 3. The fourth-order valence-corrected chi connectivity index (χ4v) is 1.70. The lowest BCUT2D eigenvalue weighted by molar-refractivity contribution is 0.256. The van der Waals surface area contributed by atoms with Crippen LogP contribution in [0.1, 0.15) is 13.8 Å². The van der Waals surface area contributed by atoms with Gasteiger partial charge in [0.2, 0.25) is 10.0 Å². The Morgan fingerprint density at radius 1 is 1.39 bits per heavy atom. The molecule has 1 aromatic rings. The molecule has 0 aliphatic rings. The molecule has 2 N–H and O–H groups in total. The van der Waals surface area contributed by atoms with Gasteiger partial charge in [-0.2, -0.15) is 0 Å². The van der Waals surface area contributed by atoms with Crippen LogP contribution in [0.4, 0.5) is 14.9 Å². The Labute approximate surface area is 109 Å². The summed E-state index contributed by atoms with van der Waals surface area (Å²) in [6.45, 7) is 2.87. The number of carbonyl (C=O) groups excluding carboxylic acids is 1. The summed E-state index contributed by atoms with van der Waals surface area (Å²) in [5.41, 5.74) is 0.192. The lowest BCUT2D eigenvalue weighted by Gasteiger charge is -2.10. The minimum atomic E-state index is -3.70. The van der Waals surface area contributed by atoms with Crippen molar-refractivity contribution >= 4 is 33.3 Å². The summed E-state index contributed by atoms with van der Waals surface area (Å²) in [6, 6.07) is 2.59. The monoisotopic (exact) mass is 294 g/mol. The molecule has 0 heterocycles. The maximum Gasteiger partial charge on any atom is 0.332 e. The molecule has 0 spiro atoms. The van der Waals surface area contributed by atoms with E-state index in [-0.39, 0.29) is 10.7 Å². The van der Waals surface area contributed by atoms with Gasteiger partial charge in [-0.1, -0.05) is 11.6 Å². The van der Waals surface area contributed by atoms with Crippen molar-refractivity contribution in [3.05, 3.63) is 29.0 Å². The number of nitrogens with one attached hydrogen (secondary N) is 2. The van der Waals surface area contributed by atoms with Crippen LogP contribution in [0.15, 0.2) is 18.2 Å². The van der Waals surface area contributed by atoms with Crippen molar-refractivity contribution in [1.29, 1.82) is 0 Å². The Balaban J connectivity index is 2.74. The van der Waals surface area contributed by atoms with E-state index in [9.17, 15) is 17.6 Å². The Kier molecular flexibility index (Phi) is 4.53. The Morgan fingerprint density at radius 2 is 2.00 bits per heavy atom. The second-order valence-corrected chi connectivity index (χ2v) is 6.42. The van der Waals surface area contributed by atoms with Crippen LogP contribution in [-0.2, 0) is 10.0 Å². The molecule has 0 fully saturated rings. The van der Waals surface area contributed by atoms with Crippen molar-refractivity contribution in [1.82, 2.24) is 4.72 Å². The summed E-state index contributed by atoms with van der Waals surface area (Å²) in [5, 5.41) is 1.34. The van der Waals surface area contributed by atoms with Crippen LogP contribution >= 0.6 is 11.6 Å². The predicted octanol–water partition coefficient (Wildman–Crippen LogP) is 2.34. The molecule has 1 rings (SSSR count). The summed E-state index contributed by atoms with van der Waals surface area (Å²) in [7, 11) is -3.70. The van der Waals surface area contributed by atoms with Crippen LogP contribution in [0.3, 0.4) is 0 Å². The number of benzene rings is 1. The second-order valence-electron chi connectivity index (χ2n) is 3.78. The van der Waals surface area contributed by atoms with Gasteiger partial charge in [-0.3, -0.25) is 0 Å². The van der Waals surface area contributed by atoms with Crippen molar-refractivity contribution < 1.29 is 17.6 Å². The molecule has 0 aliphatic carbocycles. The molecule has 5 nitrogen and oxygen atoms in total. The minimum absolute atomic E-state index is 0.167. The van der Waals surface area contributed by atoms with E-state index >= 15 is 0 Å². The molecule has 0 atom stereocenters. The maximum absolute atomic E-state index is 12.9. The first-order valence-corrected chi connectivity index (χ1v) is 6.92. The normalized spacial score (nSPS) is 11.4. The summed E-state index contributed by atoms with van der Waals surface area (Å²) >= 11 is 5.52. The summed E-state index contributed by atoms with van der Waals surface area (Å²) in [6.07, 6.45) is 0. The topological polar surface area (TPSA) is 75.3 Å². The highest BCUT2D eigenvalue weighted by molar-refractivity contribution is 7.90. The van der Waals surface area contributed by atoms with Crippen LogP contribution in [0, 0.1) is 5.82 Å². The fraction of sp³-hybridized carbons (Fsp3) is 0.300. The molecular formula is C10H12ClFN2O3S. The molecule has 0 unspecified atom stereocenters. The van der Waals surface area contributed by atoms with Gasteiger partial charge < -0.3 is 5.32 Å². The summed E-state index contributed by atoms with van der Waals surface area (Å²) in [4.78, 5) is 11.4. The van der Waals surface area contributed by atoms with Crippen LogP contribution in [-0.4, -0.2) is 19.7 Å². The molecule has 100 valence electrons. The van der Waals surface area contributed by atoms with Gasteiger partial charge in [-0.05, 0) is 32.0 Å². The van der Waals surface area contributed by atoms with Crippen molar-refractivity contribution in [2.75, 3.05) is 5.32 Å². The van der Waals surface area contributed by atoms with E-state index in [0.29, 0.717) is 0 Å². The molecule has 2 amide bonds. The van der Waals surface area contributed by atoms with Crippen molar-refractivity contribution in [3.8, 4) is 0 Å². The Hall–Kier alpha value is -1.34. The third-order valence-corrected chi connectivity index (χ3v) is 4.03. The lowest BCUT2D eigenvalue weighted by atomic mass is 10.3. The molecule has 8 heteroatoms. The lowest BCUT2D eigenvalue weighted by Crippen LogP contribution is -2.38. The van der Waals surface area contributed by atoms with Gasteiger partial charge in [-0.15, -0.1) is 0 Å². The van der Waals surface area contributed by atoms with E-state index in [1.54, 1.807) is 0 Å². The zero-order valence-corrected chi connectivity index (χ0v) is 11.3. The van der Waals surface area contributed by atoms with E-state index in [0.717, 1.165) is 6.07 Å². The van der Waals surface area contributed by atoms with Gasteiger partial charge in [0.15, 0.2) is 0 Å². The first-order chi connectivity index (χ1) is 8.22. The van der Waals surface area contributed by atoms with E-state index < -0.39 is 27.1 Å². The van der Waals surface area contributed by atoms with Crippen molar-refractivity contribution in [3.63, 3.8) is 0 Å². The molecule has 0 bridgehead atoms. The molecular weight excluding hydrogens is 283 g/mol. The smallest absolute Gasteiger partial charge is 0.307 e. The summed E-state index contributed by atoms with van der Waals surface area (Å²) in [5.74, 6) is -0.627. The number of anilines is 1.